The second kappa shape index (κ2) is 4.66. The van der Waals surface area contributed by atoms with Crippen LogP contribution in [0, 0.1) is 0 Å². The van der Waals surface area contributed by atoms with Crippen molar-refractivity contribution in [3.63, 3.8) is 0 Å². The highest BCUT2D eigenvalue weighted by atomic mass is 32.2. The number of hydrogen-bond acceptors (Lipinski definition) is 5. The number of anilines is 1. The Balaban J connectivity index is 2.30. The highest BCUT2D eigenvalue weighted by molar-refractivity contribution is 7.89. The Hall–Kier alpha value is -1.31. The molecule has 0 aliphatic carbocycles. The summed E-state index contributed by atoms with van der Waals surface area (Å²) in [6, 6.07) is 3.82. The first-order valence-electron chi connectivity index (χ1n) is 5.99. The first-order valence-corrected chi connectivity index (χ1v) is 7.47. The van der Waals surface area contributed by atoms with E-state index in [1.165, 1.54) is 18.2 Å². The normalized spacial score (nSPS) is 27.6. The van der Waals surface area contributed by atoms with Gasteiger partial charge in [-0.3, -0.25) is 0 Å². The van der Waals surface area contributed by atoms with E-state index in [2.05, 4.69) is 4.72 Å². The van der Waals surface area contributed by atoms with Crippen molar-refractivity contribution in [2.75, 3.05) is 12.3 Å². The van der Waals surface area contributed by atoms with E-state index in [0.717, 1.165) is 0 Å². The van der Waals surface area contributed by atoms with Crippen LogP contribution in [0.3, 0.4) is 0 Å². The molecule has 1 saturated heterocycles. The Morgan fingerprint density at radius 2 is 2.21 bits per heavy atom. The monoisotopic (exact) mass is 286 g/mol. The number of phenols is 1. The second-order valence-electron chi connectivity index (χ2n) is 5.01. The van der Waals surface area contributed by atoms with Gasteiger partial charge in [0.05, 0.1) is 22.2 Å². The van der Waals surface area contributed by atoms with Crippen LogP contribution in [0.1, 0.15) is 20.3 Å². The predicted octanol–water partition coefficient (Wildman–Crippen LogP) is 0.820. The van der Waals surface area contributed by atoms with Gasteiger partial charge >= 0.3 is 0 Å². The molecule has 1 aromatic rings. The molecule has 2 atom stereocenters. The highest BCUT2D eigenvalue weighted by Gasteiger charge is 2.40. The van der Waals surface area contributed by atoms with Crippen LogP contribution in [0.4, 0.5) is 5.69 Å². The zero-order chi connectivity index (χ0) is 14.3. The molecule has 1 aliphatic heterocycles. The molecule has 7 heteroatoms. The molecule has 0 saturated carbocycles. The third-order valence-corrected chi connectivity index (χ3v) is 5.17. The third kappa shape index (κ3) is 2.68. The molecule has 1 aromatic carbocycles. The Kier molecular flexibility index (Phi) is 3.46. The average Bonchev–Trinajstić information content (AvgIpc) is 2.61. The number of nitrogens with two attached hydrogens (primary N) is 1. The molecular weight excluding hydrogens is 268 g/mol. The topological polar surface area (TPSA) is 102 Å². The van der Waals surface area contributed by atoms with Crippen molar-refractivity contribution in [3.8, 4) is 5.75 Å². The molecule has 2 rings (SSSR count). The van der Waals surface area contributed by atoms with Crippen molar-refractivity contribution in [1.29, 1.82) is 0 Å². The lowest BCUT2D eigenvalue weighted by Gasteiger charge is -2.28. The number of phenolic OH excluding ortho intramolecular Hbond substituents is 1. The van der Waals surface area contributed by atoms with Crippen LogP contribution in [-0.4, -0.2) is 31.8 Å². The lowest BCUT2D eigenvalue weighted by Crippen LogP contribution is -2.50. The average molecular weight is 286 g/mol. The predicted molar refractivity (Wildman–Crippen MR) is 71.3 cm³/mol. The lowest BCUT2D eigenvalue weighted by molar-refractivity contribution is 0.0957. The molecule has 0 bridgehead atoms. The minimum atomic E-state index is -3.70. The van der Waals surface area contributed by atoms with Gasteiger partial charge in [-0.25, -0.2) is 13.1 Å². The van der Waals surface area contributed by atoms with Crippen molar-refractivity contribution >= 4 is 15.7 Å². The summed E-state index contributed by atoms with van der Waals surface area (Å²) in [7, 11) is -3.70. The van der Waals surface area contributed by atoms with Crippen molar-refractivity contribution in [3.05, 3.63) is 18.2 Å². The summed E-state index contributed by atoms with van der Waals surface area (Å²) in [6.07, 6.45) is 0.415. The number of benzene rings is 1. The fourth-order valence-corrected chi connectivity index (χ4v) is 3.56. The van der Waals surface area contributed by atoms with Crippen molar-refractivity contribution in [1.82, 2.24) is 4.72 Å². The van der Waals surface area contributed by atoms with E-state index >= 15 is 0 Å². The SMILES string of the molecule is CC1OCCC1(C)NS(=O)(=O)c1ccc(O)c(N)c1. The summed E-state index contributed by atoms with van der Waals surface area (Å²) in [6.45, 7) is 4.17. The molecule has 1 aliphatic rings. The molecule has 1 fully saturated rings. The zero-order valence-corrected chi connectivity index (χ0v) is 11.7. The summed E-state index contributed by atoms with van der Waals surface area (Å²) in [5, 5.41) is 9.33. The van der Waals surface area contributed by atoms with E-state index in [4.69, 9.17) is 10.5 Å². The maximum Gasteiger partial charge on any atom is 0.241 e. The van der Waals surface area contributed by atoms with Crippen LogP contribution >= 0.6 is 0 Å². The fourth-order valence-electron chi connectivity index (χ4n) is 2.03. The summed E-state index contributed by atoms with van der Waals surface area (Å²) in [5.74, 6) is -0.136. The van der Waals surface area contributed by atoms with Crippen LogP contribution in [0.25, 0.3) is 0 Å². The number of nitrogens with one attached hydrogen (secondary N) is 1. The van der Waals surface area contributed by atoms with Crippen molar-refractivity contribution in [2.24, 2.45) is 0 Å². The standard InChI is InChI=1S/C12H18N2O4S/c1-8-12(2,5-6-18-8)14-19(16,17)9-3-4-11(15)10(13)7-9/h3-4,7-8,14-15H,5-6,13H2,1-2H3. The van der Waals surface area contributed by atoms with Gasteiger partial charge in [-0.1, -0.05) is 0 Å². The van der Waals surface area contributed by atoms with Crippen LogP contribution in [0.2, 0.25) is 0 Å². The zero-order valence-electron chi connectivity index (χ0n) is 10.9. The van der Waals surface area contributed by atoms with Gasteiger partial charge in [-0.05, 0) is 38.5 Å². The van der Waals surface area contributed by atoms with Crippen LogP contribution in [0.5, 0.6) is 5.75 Å². The molecule has 0 radical (unpaired) electrons. The van der Waals surface area contributed by atoms with Gasteiger partial charge in [-0.2, -0.15) is 0 Å². The van der Waals surface area contributed by atoms with Gasteiger partial charge in [0.2, 0.25) is 10.0 Å². The molecule has 106 valence electrons. The highest BCUT2D eigenvalue weighted by Crippen LogP contribution is 2.29. The molecule has 19 heavy (non-hydrogen) atoms. The van der Waals surface area contributed by atoms with Gasteiger partial charge in [0.15, 0.2) is 0 Å². The number of nitrogen functional groups attached to an aromatic ring is 1. The molecule has 4 N–H and O–H groups in total. The summed E-state index contributed by atoms with van der Waals surface area (Å²) >= 11 is 0. The smallest absolute Gasteiger partial charge is 0.241 e. The number of ether oxygens (including phenoxy) is 1. The van der Waals surface area contributed by atoms with E-state index in [-0.39, 0.29) is 22.4 Å². The largest absolute Gasteiger partial charge is 0.506 e. The van der Waals surface area contributed by atoms with Crippen LogP contribution in [-0.2, 0) is 14.8 Å². The number of rotatable bonds is 3. The number of aromatic hydroxyl groups is 1. The minimum Gasteiger partial charge on any atom is -0.506 e. The van der Waals surface area contributed by atoms with Gasteiger partial charge in [0.1, 0.15) is 5.75 Å². The second-order valence-corrected chi connectivity index (χ2v) is 6.69. The Morgan fingerprint density at radius 3 is 2.74 bits per heavy atom. The first-order chi connectivity index (χ1) is 8.74. The van der Waals surface area contributed by atoms with Gasteiger partial charge in [0.25, 0.3) is 0 Å². The van der Waals surface area contributed by atoms with E-state index in [1.807, 2.05) is 13.8 Å². The third-order valence-electron chi connectivity index (χ3n) is 3.56. The molecule has 0 aromatic heterocycles. The van der Waals surface area contributed by atoms with E-state index in [1.54, 1.807) is 0 Å². The molecular formula is C12H18N2O4S. The summed E-state index contributed by atoms with van der Waals surface area (Å²) in [5.41, 5.74) is 4.92. The number of hydrogen-bond donors (Lipinski definition) is 3. The molecule has 6 nitrogen and oxygen atoms in total. The van der Waals surface area contributed by atoms with Crippen molar-refractivity contribution in [2.45, 2.75) is 36.8 Å². The van der Waals surface area contributed by atoms with Gasteiger partial charge in [0, 0.05) is 6.61 Å². The summed E-state index contributed by atoms with van der Waals surface area (Å²) < 4.78 is 32.7. The van der Waals surface area contributed by atoms with E-state index < -0.39 is 15.6 Å². The van der Waals surface area contributed by atoms with Gasteiger partial charge < -0.3 is 15.6 Å². The lowest BCUT2D eigenvalue weighted by atomic mass is 9.97. The van der Waals surface area contributed by atoms with E-state index in [0.29, 0.717) is 13.0 Å². The van der Waals surface area contributed by atoms with Crippen LogP contribution in [0.15, 0.2) is 23.1 Å². The maximum absolute atomic E-state index is 12.3. The molecule has 1 heterocycles. The Bertz CT molecular complexity index is 587. The molecule has 0 spiro atoms. The van der Waals surface area contributed by atoms with Crippen LogP contribution < -0.4 is 10.5 Å². The maximum atomic E-state index is 12.3. The molecule has 2 unspecified atom stereocenters. The first kappa shape index (κ1) is 14.1. The molecule has 0 amide bonds. The quantitative estimate of drug-likeness (QED) is 0.564. The number of sulfonamides is 1. The Morgan fingerprint density at radius 1 is 1.53 bits per heavy atom. The van der Waals surface area contributed by atoms with Crippen molar-refractivity contribution < 1.29 is 18.3 Å². The van der Waals surface area contributed by atoms with E-state index in [9.17, 15) is 13.5 Å². The minimum absolute atomic E-state index is 0.0307. The fraction of sp³-hybridized carbons (Fsp3) is 0.500. The van der Waals surface area contributed by atoms with Gasteiger partial charge in [-0.15, -0.1) is 0 Å². The summed E-state index contributed by atoms with van der Waals surface area (Å²) in [4.78, 5) is 0.0307. The Labute approximate surface area is 112 Å².